The third-order valence-electron chi connectivity index (χ3n) is 3.44. The van der Waals surface area contributed by atoms with Crippen LogP contribution in [0.4, 0.5) is 0 Å². The van der Waals surface area contributed by atoms with Crippen LogP contribution in [-0.4, -0.2) is 19.1 Å². The number of ether oxygens (including phenoxy) is 1. The first-order chi connectivity index (χ1) is 11.7. The van der Waals surface area contributed by atoms with E-state index >= 15 is 0 Å². The Labute approximate surface area is 150 Å². The van der Waals surface area contributed by atoms with Crippen molar-refractivity contribution in [2.24, 2.45) is 5.92 Å². The number of amides is 1. The number of hydrogen-bond acceptors (Lipinski definition) is 3. The maximum absolute atomic E-state index is 11.4. The topological polar surface area (TPSA) is 38.3 Å². The second kappa shape index (κ2) is 14.0. The maximum Gasteiger partial charge on any atom is 0.243 e. The number of carbonyl (C=O) groups excluding carboxylic acids is 1. The lowest BCUT2D eigenvalue weighted by molar-refractivity contribution is -0.116. The van der Waals surface area contributed by atoms with Crippen molar-refractivity contribution < 1.29 is 9.53 Å². The van der Waals surface area contributed by atoms with Crippen molar-refractivity contribution in [3.05, 3.63) is 46.7 Å². The lowest BCUT2D eigenvalue weighted by Crippen LogP contribution is -2.25. The number of allylic oxidation sites excluding steroid dienone is 3. The van der Waals surface area contributed by atoms with E-state index < -0.39 is 0 Å². The summed E-state index contributed by atoms with van der Waals surface area (Å²) < 4.78 is 5.64. The standard InChI is InChI=1S/C20H31NO2S/c1-18(2)15-21-20(22)11-9-7-5-3-4-6-8-10-13-23-16-19-12-14-24-17-19/h5,7,9,11-12,14,17-18H,3-4,6,8,10,13,15-16H2,1-2H3,(H,21,22)/b7-5+,11-9+. The first kappa shape index (κ1) is 20.7. The third-order valence-corrected chi connectivity index (χ3v) is 4.17. The molecule has 0 saturated heterocycles. The SMILES string of the molecule is CC(C)CNC(=O)/C=C/C=C/CCCCCCOCc1ccsc1. The summed E-state index contributed by atoms with van der Waals surface area (Å²) in [6, 6.07) is 2.11. The van der Waals surface area contributed by atoms with Gasteiger partial charge in [0.2, 0.25) is 5.91 Å². The van der Waals surface area contributed by atoms with E-state index in [-0.39, 0.29) is 5.91 Å². The first-order valence-corrected chi connectivity index (χ1v) is 9.82. The number of rotatable bonds is 13. The second-order valence-electron chi connectivity index (χ2n) is 6.31. The van der Waals surface area contributed by atoms with Gasteiger partial charge in [-0.1, -0.05) is 44.9 Å². The summed E-state index contributed by atoms with van der Waals surface area (Å²) in [4.78, 5) is 11.4. The van der Waals surface area contributed by atoms with Crippen LogP contribution in [-0.2, 0) is 16.1 Å². The van der Waals surface area contributed by atoms with Crippen molar-refractivity contribution in [2.45, 2.75) is 52.6 Å². The molecule has 0 radical (unpaired) electrons. The molecule has 1 aromatic rings. The average molecular weight is 350 g/mol. The molecule has 0 aliphatic rings. The Morgan fingerprint density at radius 2 is 2.08 bits per heavy atom. The van der Waals surface area contributed by atoms with Gasteiger partial charge in [0, 0.05) is 19.2 Å². The molecule has 0 aliphatic heterocycles. The molecule has 134 valence electrons. The molecule has 0 fully saturated rings. The van der Waals surface area contributed by atoms with Gasteiger partial charge in [-0.05, 0) is 47.6 Å². The van der Waals surface area contributed by atoms with E-state index in [9.17, 15) is 4.79 Å². The van der Waals surface area contributed by atoms with Crippen LogP contribution in [0.5, 0.6) is 0 Å². The van der Waals surface area contributed by atoms with Gasteiger partial charge in [-0.25, -0.2) is 0 Å². The minimum Gasteiger partial charge on any atom is -0.377 e. The zero-order valence-corrected chi connectivity index (χ0v) is 15.8. The van der Waals surface area contributed by atoms with Crippen molar-refractivity contribution >= 4 is 17.2 Å². The quantitative estimate of drug-likeness (QED) is 0.306. The summed E-state index contributed by atoms with van der Waals surface area (Å²) in [6.07, 6.45) is 13.3. The summed E-state index contributed by atoms with van der Waals surface area (Å²) in [7, 11) is 0. The van der Waals surface area contributed by atoms with E-state index in [1.807, 2.05) is 12.2 Å². The normalized spacial score (nSPS) is 11.8. The van der Waals surface area contributed by atoms with Crippen molar-refractivity contribution in [3.8, 4) is 0 Å². The van der Waals surface area contributed by atoms with Crippen LogP contribution in [0.2, 0.25) is 0 Å². The molecular formula is C20H31NO2S. The van der Waals surface area contributed by atoms with Crippen LogP contribution < -0.4 is 5.32 Å². The zero-order chi connectivity index (χ0) is 17.5. The van der Waals surface area contributed by atoms with Crippen molar-refractivity contribution in [1.29, 1.82) is 0 Å². The lowest BCUT2D eigenvalue weighted by Gasteiger charge is -2.03. The van der Waals surface area contributed by atoms with E-state index in [0.717, 1.165) is 32.6 Å². The summed E-state index contributed by atoms with van der Waals surface area (Å²) in [6.45, 7) is 6.48. The minimum absolute atomic E-state index is 0.0178. The Kier molecular flexibility index (Phi) is 12.0. The first-order valence-electron chi connectivity index (χ1n) is 8.88. The zero-order valence-electron chi connectivity index (χ0n) is 15.0. The molecule has 24 heavy (non-hydrogen) atoms. The van der Waals surface area contributed by atoms with Gasteiger partial charge in [0.25, 0.3) is 0 Å². The van der Waals surface area contributed by atoms with E-state index in [1.165, 1.54) is 24.8 Å². The molecule has 1 aromatic heterocycles. The summed E-state index contributed by atoms with van der Waals surface area (Å²) in [5, 5.41) is 7.07. The van der Waals surface area contributed by atoms with Gasteiger partial charge in [-0.3, -0.25) is 4.79 Å². The number of unbranched alkanes of at least 4 members (excludes halogenated alkanes) is 4. The van der Waals surface area contributed by atoms with Gasteiger partial charge < -0.3 is 10.1 Å². The minimum atomic E-state index is -0.0178. The predicted molar refractivity (Wildman–Crippen MR) is 103 cm³/mol. The van der Waals surface area contributed by atoms with Crippen molar-refractivity contribution in [2.75, 3.05) is 13.2 Å². The van der Waals surface area contributed by atoms with Crippen LogP contribution >= 0.6 is 11.3 Å². The van der Waals surface area contributed by atoms with E-state index in [2.05, 4.69) is 42.1 Å². The molecule has 1 N–H and O–H groups in total. The van der Waals surface area contributed by atoms with E-state index in [0.29, 0.717) is 5.92 Å². The van der Waals surface area contributed by atoms with Crippen LogP contribution in [0.3, 0.4) is 0 Å². The van der Waals surface area contributed by atoms with Crippen molar-refractivity contribution in [1.82, 2.24) is 5.32 Å². The average Bonchev–Trinajstić information content (AvgIpc) is 3.07. The molecule has 1 heterocycles. The lowest BCUT2D eigenvalue weighted by atomic mass is 10.1. The van der Waals surface area contributed by atoms with E-state index in [1.54, 1.807) is 17.4 Å². The van der Waals surface area contributed by atoms with Crippen LogP contribution in [0.15, 0.2) is 41.1 Å². The Morgan fingerprint density at radius 3 is 2.83 bits per heavy atom. The molecule has 0 spiro atoms. The van der Waals surface area contributed by atoms with Gasteiger partial charge in [0.05, 0.1) is 6.61 Å². The predicted octanol–water partition coefficient (Wildman–Crippen LogP) is 5.10. The van der Waals surface area contributed by atoms with Crippen molar-refractivity contribution in [3.63, 3.8) is 0 Å². The molecule has 0 saturated carbocycles. The highest BCUT2D eigenvalue weighted by Gasteiger charge is 1.96. The van der Waals surface area contributed by atoms with Gasteiger partial charge in [0.15, 0.2) is 0 Å². The largest absolute Gasteiger partial charge is 0.377 e. The number of hydrogen-bond donors (Lipinski definition) is 1. The molecule has 0 aromatic carbocycles. The fourth-order valence-corrected chi connectivity index (χ4v) is 2.72. The number of carbonyl (C=O) groups is 1. The molecule has 3 nitrogen and oxygen atoms in total. The molecule has 0 bridgehead atoms. The van der Waals surface area contributed by atoms with Gasteiger partial charge in [-0.15, -0.1) is 0 Å². The monoisotopic (exact) mass is 349 g/mol. The van der Waals surface area contributed by atoms with Crippen LogP contribution in [0.1, 0.15) is 51.5 Å². The number of thiophene rings is 1. The summed E-state index contributed by atoms with van der Waals surface area (Å²) in [5.41, 5.74) is 1.27. The molecule has 0 atom stereocenters. The second-order valence-corrected chi connectivity index (χ2v) is 7.09. The van der Waals surface area contributed by atoms with Gasteiger partial charge in [0.1, 0.15) is 0 Å². The third kappa shape index (κ3) is 12.1. The fraction of sp³-hybridized carbons (Fsp3) is 0.550. The molecular weight excluding hydrogens is 318 g/mol. The highest BCUT2D eigenvalue weighted by atomic mass is 32.1. The number of nitrogens with one attached hydrogen (secondary N) is 1. The Morgan fingerprint density at radius 1 is 1.25 bits per heavy atom. The maximum atomic E-state index is 11.4. The smallest absolute Gasteiger partial charge is 0.243 e. The molecule has 4 heteroatoms. The fourth-order valence-electron chi connectivity index (χ4n) is 2.07. The molecule has 0 unspecified atom stereocenters. The highest BCUT2D eigenvalue weighted by molar-refractivity contribution is 7.07. The Hall–Kier alpha value is -1.39. The van der Waals surface area contributed by atoms with Gasteiger partial charge in [-0.2, -0.15) is 11.3 Å². The summed E-state index contributed by atoms with van der Waals surface area (Å²) in [5.74, 6) is 0.467. The van der Waals surface area contributed by atoms with Crippen LogP contribution in [0, 0.1) is 5.92 Å². The highest BCUT2D eigenvalue weighted by Crippen LogP contribution is 2.08. The Bertz CT molecular complexity index is 478. The molecule has 0 aliphatic carbocycles. The molecule has 1 rings (SSSR count). The van der Waals surface area contributed by atoms with Gasteiger partial charge >= 0.3 is 0 Å². The molecule has 1 amide bonds. The van der Waals surface area contributed by atoms with Crippen LogP contribution in [0.25, 0.3) is 0 Å². The Balaban J connectivity index is 1.88. The summed E-state index contributed by atoms with van der Waals surface area (Å²) >= 11 is 1.71. The van der Waals surface area contributed by atoms with E-state index in [4.69, 9.17) is 4.74 Å².